The number of H-pyrrole nitrogens is 1. The first-order valence-corrected chi connectivity index (χ1v) is 8.86. The van der Waals surface area contributed by atoms with E-state index in [2.05, 4.69) is 25.8 Å². The van der Waals surface area contributed by atoms with Gasteiger partial charge in [-0.1, -0.05) is 6.07 Å². The standard InChI is InChI=1S/C18H24N6O3/c1-27-12-15-8-14(22-23-15)10-21-17(25)9-16-18(26)20-6-7-24(16)11-13-4-2-3-5-19-13/h2-5,8,16H,6-7,9-12H2,1H3,(H,20,26)(H,21,25)(H,22,23)/t16-/m1/s1. The molecular formula is C18H24N6O3. The molecule has 144 valence electrons. The van der Waals surface area contributed by atoms with Crippen LogP contribution in [0.1, 0.15) is 23.5 Å². The van der Waals surface area contributed by atoms with Crippen LogP contribution in [-0.4, -0.2) is 58.1 Å². The van der Waals surface area contributed by atoms with Gasteiger partial charge in [0.05, 0.1) is 42.7 Å². The first-order valence-electron chi connectivity index (χ1n) is 8.86. The first kappa shape index (κ1) is 19.0. The van der Waals surface area contributed by atoms with Crippen molar-refractivity contribution in [2.45, 2.75) is 32.2 Å². The highest BCUT2D eigenvalue weighted by Gasteiger charge is 2.31. The minimum atomic E-state index is -0.508. The SMILES string of the molecule is COCc1cc(CNC(=O)C[C@@H]2C(=O)NCCN2Cc2ccccn2)[nH]n1. The maximum atomic E-state index is 12.4. The van der Waals surface area contributed by atoms with Gasteiger partial charge in [-0.05, 0) is 18.2 Å². The molecule has 9 heteroatoms. The van der Waals surface area contributed by atoms with Gasteiger partial charge in [-0.15, -0.1) is 0 Å². The van der Waals surface area contributed by atoms with Crippen LogP contribution >= 0.6 is 0 Å². The van der Waals surface area contributed by atoms with Crippen molar-refractivity contribution in [2.75, 3.05) is 20.2 Å². The number of aromatic amines is 1. The summed E-state index contributed by atoms with van der Waals surface area (Å²) in [5.41, 5.74) is 2.43. The van der Waals surface area contributed by atoms with Gasteiger partial charge in [0, 0.05) is 32.9 Å². The highest BCUT2D eigenvalue weighted by molar-refractivity contribution is 5.88. The predicted octanol–water partition coefficient (Wildman–Crippen LogP) is -0.0420. The first-order chi connectivity index (χ1) is 13.2. The molecule has 0 aliphatic carbocycles. The van der Waals surface area contributed by atoms with Gasteiger partial charge < -0.3 is 15.4 Å². The van der Waals surface area contributed by atoms with Crippen molar-refractivity contribution in [3.63, 3.8) is 0 Å². The summed E-state index contributed by atoms with van der Waals surface area (Å²) in [7, 11) is 1.60. The highest BCUT2D eigenvalue weighted by Crippen LogP contribution is 2.13. The molecule has 3 N–H and O–H groups in total. The topological polar surface area (TPSA) is 112 Å². The Kier molecular flexibility index (Phi) is 6.50. The van der Waals surface area contributed by atoms with Crippen LogP contribution in [0, 0.1) is 0 Å². The van der Waals surface area contributed by atoms with E-state index in [1.54, 1.807) is 13.3 Å². The summed E-state index contributed by atoms with van der Waals surface area (Å²) in [5, 5.41) is 12.6. The molecule has 1 saturated heterocycles. The average molecular weight is 372 g/mol. The smallest absolute Gasteiger partial charge is 0.237 e. The minimum Gasteiger partial charge on any atom is -0.378 e. The van der Waals surface area contributed by atoms with Gasteiger partial charge in [-0.25, -0.2) is 0 Å². The van der Waals surface area contributed by atoms with Crippen LogP contribution in [0.25, 0.3) is 0 Å². The number of carbonyl (C=O) groups excluding carboxylic acids is 2. The number of rotatable bonds is 8. The Morgan fingerprint density at radius 2 is 2.30 bits per heavy atom. The summed E-state index contributed by atoms with van der Waals surface area (Å²) in [6, 6.07) is 7.01. The van der Waals surface area contributed by atoms with Gasteiger partial charge in [0.2, 0.25) is 11.8 Å². The zero-order valence-corrected chi connectivity index (χ0v) is 15.3. The molecule has 0 radical (unpaired) electrons. The minimum absolute atomic E-state index is 0.0950. The van der Waals surface area contributed by atoms with Crippen LogP contribution in [0.2, 0.25) is 0 Å². The summed E-state index contributed by atoms with van der Waals surface area (Å²) in [4.78, 5) is 31.0. The van der Waals surface area contributed by atoms with Crippen LogP contribution < -0.4 is 10.6 Å². The Labute approximate surface area is 157 Å². The van der Waals surface area contributed by atoms with Crippen LogP contribution in [0.3, 0.4) is 0 Å². The lowest BCUT2D eigenvalue weighted by atomic mass is 10.1. The second kappa shape index (κ2) is 9.24. The van der Waals surface area contributed by atoms with Crippen LogP contribution in [-0.2, 0) is 34.0 Å². The van der Waals surface area contributed by atoms with Crippen molar-refractivity contribution in [3.05, 3.63) is 47.5 Å². The number of amides is 2. The quantitative estimate of drug-likeness (QED) is 0.599. The zero-order chi connectivity index (χ0) is 19.1. The molecule has 2 aromatic heterocycles. The van der Waals surface area contributed by atoms with Gasteiger partial charge in [0.1, 0.15) is 0 Å². The molecule has 0 spiro atoms. The summed E-state index contributed by atoms with van der Waals surface area (Å²) in [6.07, 6.45) is 1.82. The fourth-order valence-corrected chi connectivity index (χ4v) is 3.04. The molecule has 1 fully saturated rings. The van der Waals surface area contributed by atoms with E-state index in [9.17, 15) is 9.59 Å². The highest BCUT2D eigenvalue weighted by atomic mass is 16.5. The van der Waals surface area contributed by atoms with Gasteiger partial charge in [-0.2, -0.15) is 5.10 Å². The van der Waals surface area contributed by atoms with E-state index >= 15 is 0 Å². The molecule has 2 amide bonds. The van der Waals surface area contributed by atoms with E-state index in [-0.39, 0.29) is 18.2 Å². The molecule has 1 atom stereocenters. The number of hydrogen-bond donors (Lipinski definition) is 3. The maximum Gasteiger partial charge on any atom is 0.237 e. The number of methoxy groups -OCH3 is 1. The molecule has 2 aromatic rings. The second-order valence-electron chi connectivity index (χ2n) is 6.40. The largest absolute Gasteiger partial charge is 0.378 e. The van der Waals surface area contributed by atoms with E-state index in [0.717, 1.165) is 17.1 Å². The summed E-state index contributed by atoms with van der Waals surface area (Å²) in [6.45, 7) is 2.52. The van der Waals surface area contributed by atoms with E-state index < -0.39 is 6.04 Å². The fraction of sp³-hybridized carbons (Fsp3) is 0.444. The molecule has 27 heavy (non-hydrogen) atoms. The molecule has 0 aromatic carbocycles. The fourth-order valence-electron chi connectivity index (χ4n) is 3.04. The number of piperazine rings is 1. The van der Waals surface area contributed by atoms with Crippen LogP contribution in [0.15, 0.2) is 30.5 Å². The van der Waals surface area contributed by atoms with Crippen molar-refractivity contribution < 1.29 is 14.3 Å². The third-order valence-corrected chi connectivity index (χ3v) is 4.36. The molecule has 3 heterocycles. The second-order valence-corrected chi connectivity index (χ2v) is 6.40. The number of nitrogens with zero attached hydrogens (tertiary/aromatic N) is 3. The number of carbonyl (C=O) groups is 2. The van der Waals surface area contributed by atoms with E-state index in [1.807, 2.05) is 29.2 Å². The van der Waals surface area contributed by atoms with Crippen molar-refractivity contribution in [2.24, 2.45) is 0 Å². The zero-order valence-electron chi connectivity index (χ0n) is 15.3. The molecular weight excluding hydrogens is 348 g/mol. The van der Waals surface area contributed by atoms with Crippen LogP contribution in [0.5, 0.6) is 0 Å². The van der Waals surface area contributed by atoms with Crippen molar-refractivity contribution in [3.8, 4) is 0 Å². The number of hydrogen-bond acceptors (Lipinski definition) is 6. The van der Waals surface area contributed by atoms with Gasteiger partial charge in [0.25, 0.3) is 0 Å². The Hall–Kier alpha value is -2.78. The molecule has 0 saturated carbocycles. The summed E-state index contributed by atoms with van der Waals surface area (Å²) >= 11 is 0. The van der Waals surface area contributed by atoms with Crippen LogP contribution in [0.4, 0.5) is 0 Å². The maximum absolute atomic E-state index is 12.4. The Bertz CT molecular complexity index is 763. The average Bonchev–Trinajstić information content (AvgIpc) is 3.12. The Morgan fingerprint density at radius 3 is 3.07 bits per heavy atom. The van der Waals surface area contributed by atoms with Crippen molar-refractivity contribution in [1.29, 1.82) is 0 Å². The molecule has 1 aliphatic heterocycles. The molecule has 3 rings (SSSR count). The summed E-state index contributed by atoms with van der Waals surface area (Å²) < 4.78 is 5.01. The third kappa shape index (κ3) is 5.35. The summed E-state index contributed by atoms with van der Waals surface area (Å²) in [5.74, 6) is -0.317. The normalized spacial score (nSPS) is 17.5. The molecule has 9 nitrogen and oxygen atoms in total. The number of pyridine rings is 1. The number of aromatic nitrogens is 3. The number of nitrogens with one attached hydrogen (secondary N) is 3. The lowest BCUT2D eigenvalue weighted by Gasteiger charge is -2.34. The van der Waals surface area contributed by atoms with Gasteiger partial charge >= 0.3 is 0 Å². The third-order valence-electron chi connectivity index (χ3n) is 4.36. The lowest BCUT2D eigenvalue weighted by Crippen LogP contribution is -2.56. The predicted molar refractivity (Wildman–Crippen MR) is 97.2 cm³/mol. The molecule has 1 aliphatic rings. The van der Waals surface area contributed by atoms with E-state index in [1.165, 1.54) is 0 Å². The molecule has 0 unspecified atom stereocenters. The van der Waals surface area contributed by atoms with Gasteiger partial charge in [0.15, 0.2) is 0 Å². The molecule has 0 bridgehead atoms. The van der Waals surface area contributed by atoms with Crippen molar-refractivity contribution in [1.82, 2.24) is 30.7 Å². The Balaban J connectivity index is 1.55. The van der Waals surface area contributed by atoms with Gasteiger partial charge in [-0.3, -0.25) is 24.6 Å². The Morgan fingerprint density at radius 1 is 1.41 bits per heavy atom. The van der Waals surface area contributed by atoms with E-state index in [0.29, 0.717) is 32.8 Å². The van der Waals surface area contributed by atoms with E-state index in [4.69, 9.17) is 4.74 Å². The van der Waals surface area contributed by atoms with Crippen molar-refractivity contribution >= 4 is 11.8 Å². The monoisotopic (exact) mass is 372 g/mol. The lowest BCUT2D eigenvalue weighted by molar-refractivity contribution is -0.134. The number of ether oxygens (including phenoxy) is 1.